The van der Waals surface area contributed by atoms with Crippen LogP contribution in [0.3, 0.4) is 0 Å². The number of amides is 1. The van der Waals surface area contributed by atoms with Gasteiger partial charge in [0.1, 0.15) is 11.5 Å². The van der Waals surface area contributed by atoms with Crippen molar-refractivity contribution in [1.82, 2.24) is 15.6 Å². The van der Waals surface area contributed by atoms with E-state index >= 15 is 0 Å². The molecule has 2 heterocycles. The predicted octanol–water partition coefficient (Wildman–Crippen LogP) is 3.03. The molecule has 9 nitrogen and oxygen atoms in total. The lowest BCUT2D eigenvalue weighted by Gasteiger charge is -2.28. The molecule has 7 N–H and O–H groups in total. The molecule has 1 aromatic heterocycles. The zero-order valence-electron chi connectivity index (χ0n) is 20.5. The Morgan fingerprint density at radius 1 is 1.08 bits per heavy atom. The molecule has 188 valence electrons. The number of ketones is 1. The minimum atomic E-state index is -0.441. The first kappa shape index (κ1) is 25.3. The largest absolute Gasteiger partial charge is 0.399 e. The molecule has 1 atom stereocenters. The topological polar surface area (TPSA) is 159 Å². The molecule has 0 spiro atoms. The van der Waals surface area contributed by atoms with Gasteiger partial charge in [0, 0.05) is 36.0 Å². The third-order valence-corrected chi connectivity index (χ3v) is 5.99. The Labute approximate surface area is 215 Å². The van der Waals surface area contributed by atoms with Gasteiger partial charge in [-0.15, -0.1) is 0 Å². The Hall–Kier alpha value is -4.79. The van der Waals surface area contributed by atoms with Crippen molar-refractivity contribution in [3.8, 4) is 0 Å². The van der Waals surface area contributed by atoms with E-state index in [1.54, 1.807) is 42.6 Å². The van der Waals surface area contributed by atoms with Gasteiger partial charge in [-0.25, -0.2) is 4.99 Å². The number of nitrogen functional groups attached to an aromatic ring is 2. The highest BCUT2D eigenvalue weighted by Gasteiger charge is 2.28. The number of pyridine rings is 1. The number of Topliss-reactive ketones (excluding diaryl/α,β-unsaturated/α-hetero) is 1. The number of nitrogens with two attached hydrogens (primary N) is 2. The summed E-state index contributed by atoms with van der Waals surface area (Å²) in [5.41, 5.74) is 16.1. The molecule has 3 aromatic rings. The van der Waals surface area contributed by atoms with Gasteiger partial charge in [0.2, 0.25) is 5.91 Å². The number of carbonyl (C=O) groups is 2. The van der Waals surface area contributed by atoms with Crippen LogP contribution in [-0.4, -0.2) is 34.4 Å². The van der Waals surface area contributed by atoms with Crippen molar-refractivity contribution in [2.24, 2.45) is 10.7 Å². The van der Waals surface area contributed by atoms with Gasteiger partial charge in [0.15, 0.2) is 5.78 Å². The van der Waals surface area contributed by atoms with E-state index in [4.69, 9.17) is 21.9 Å². The van der Waals surface area contributed by atoms with Crippen LogP contribution in [0.4, 0.5) is 5.69 Å². The number of aromatic nitrogens is 1. The number of hydrogen-bond donors (Lipinski definition) is 5. The van der Waals surface area contributed by atoms with E-state index in [0.717, 1.165) is 11.1 Å². The highest BCUT2D eigenvalue weighted by Crippen LogP contribution is 2.30. The van der Waals surface area contributed by atoms with Crippen LogP contribution < -0.4 is 22.1 Å². The SMILES string of the molecule is CC1=NC(c2cccc(N)c2)=C(CC(=O)NCc2ccc(C(=N)N)cc2)C(CC(=O)c2ccccn2)N1. The number of amidine groups is 2. The van der Waals surface area contributed by atoms with Crippen molar-refractivity contribution in [2.75, 3.05) is 5.73 Å². The van der Waals surface area contributed by atoms with Crippen molar-refractivity contribution in [2.45, 2.75) is 32.4 Å². The molecule has 0 saturated carbocycles. The quantitative estimate of drug-likeness (QED) is 0.133. The first-order valence-corrected chi connectivity index (χ1v) is 11.8. The third-order valence-electron chi connectivity index (χ3n) is 5.99. The summed E-state index contributed by atoms with van der Waals surface area (Å²) in [6.07, 6.45) is 1.74. The van der Waals surface area contributed by atoms with Crippen LogP contribution in [0.15, 0.2) is 83.5 Å². The van der Waals surface area contributed by atoms with E-state index in [1.807, 2.05) is 37.3 Å². The summed E-state index contributed by atoms with van der Waals surface area (Å²) in [5.74, 6) is 0.289. The number of nitrogens with zero attached hydrogens (tertiary/aromatic N) is 2. The maximum Gasteiger partial charge on any atom is 0.224 e. The molecule has 1 aliphatic heterocycles. The van der Waals surface area contributed by atoms with Gasteiger partial charge >= 0.3 is 0 Å². The summed E-state index contributed by atoms with van der Waals surface area (Å²) in [6.45, 7) is 2.14. The summed E-state index contributed by atoms with van der Waals surface area (Å²) in [5, 5.41) is 13.7. The van der Waals surface area contributed by atoms with Gasteiger partial charge in [0.05, 0.1) is 24.0 Å². The zero-order chi connectivity index (χ0) is 26.4. The minimum absolute atomic E-state index is 0.0106. The predicted molar refractivity (Wildman–Crippen MR) is 145 cm³/mol. The Bertz CT molecular complexity index is 1380. The summed E-state index contributed by atoms with van der Waals surface area (Å²) in [4.78, 5) is 35.0. The van der Waals surface area contributed by atoms with E-state index in [-0.39, 0.29) is 30.4 Å². The molecule has 0 saturated heterocycles. The molecule has 4 rings (SSSR count). The molecule has 1 amide bonds. The van der Waals surface area contributed by atoms with E-state index in [2.05, 4.69) is 15.6 Å². The summed E-state index contributed by atoms with van der Waals surface area (Å²) in [7, 11) is 0. The fourth-order valence-corrected chi connectivity index (χ4v) is 4.15. The van der Waals surface area contributed by atoms with Gasteiger partial charge < -0.3 is 22.1 Å². The Morgan fingerprint density at radius 2 is 1.86 bits per heavy atom. The highest BCUT2D eigenvalue weighted by atomic mass is 16.1. The van der Waals surface area contributed by atoms with Crippen LogP contribution in [0.5, 0.6) is 0 Å². The Kier molecular flexibility index (Phi) is 7.73. The fourth-order valence-electron chi connectivity index (χ4n) is 4.15. The third kappa shape index (κ3) is 6.46. The molecule has 0 bridgehead atoms. The number of rotatable bonds is 9. The van der Waals surface area contributed by atoms with Crippen LogP contribution in [-0.2, 0) is 11.3 Å². The van der Waals surface area contributed by atoms with Gasteiger partial charge in [-0.3, -0.25) is 20.0 Å². The molecule has 1 unspecified atom stereocenters. The lowest BCUT2D eigenvalue weighted by molar-refractivity contribution is -0.120. The number of aliphatic imine (C=N–C) groups is 1. The molecule has 37 heavy (non-hydrogen) atoms. The van der Waals surface area contributed by atoms with Crippen molar-refractivity contribution in [1.29, 1.82) is 5.41 Å². The standard InChI is InChI=1S/C28H29N7O2/c1-17-34-24(15-25(36)23-7-2-3-12-32-23)22(27(35-17)20-5-4-6-21(29)13-20)14-26(37)33-16-18-8-10-19(11-9-18)28(30)31/h2-13,24H,14-16,29H2,1H3,(H3,30,31)(H,33,37)(H,34,35). The van der Waals surface area contributed by atoms with Gasteiger partial charge in [-0.2, -0.15) is 0 Å². The molecule has 0 aliphatic carbocycles. The monoisotopic (exact) mass is 495 g/mol. The van der Waals surface area contributed by atoms with Gasteiger partial charge in [-0.05, 0) is 42.3 Å². The smallest absolute Gasteiger partial charge is 0.224 e. The second kappa shape index (κ2) is 11.3. The Morgan fingerprint density at radius 3 is 2.54 bits per heavy atom. The number of benzene rings is 2. The van der Waals surface area contributed by atoms with Crippen LogP contribution >= 0.6 is 0 Å². The highest BCUT2D eigenvalue weighted by molar-refractivity contribution is 5.98. The van der Waals surface area contributed by atoms with Gasteiger partial charge in [0.25, 0.3) is 0 Å². The second-order valence-corrected chi connectivity index (χ2v) is 8.80. The lowest BCUT2D eigenvalue weighted by atomic mass is 9.91. The number of anilines is 1. The van der Waals surface area contributed by atoms with Crippen LogP contribution in [0.25, 0.3) is 5.70 Å². The first-order valence-electron chi connectivity index (χ1n) is 11.8. The second-order valence-electron chi connectivity index (χ2n) is 8.80. The van der Waals surface area contributed by atoms with Crippen molar-refractivity contribution >= 4 is 34.7 Å². The summed E-state index contributed by atoms with van der Waals surface area (Å²) >= 11 is 0. The number of hydrogen-bond acceptors (Lipinski definition) is 7. The molecule has 0 radical (unpaired) electrons. The molecule has 9 heteroatoms. The maximum absolute atomic E-state index is 13.1. The van der Waals surface area contributed by atoms with Gasteiger partial charge in [-0.1, -0.05) is 42.5 Å². The van der Waals surface area contributed by atoms with Crippen LogP contribution in [0.2, 0.25) is 0 Å². The summed E-state index contributed by atoms with van der Waals surface area (Å²) in [6, 6.07) is 19.2. The van der Waals surface area contributed by atoms with Crippen molar-refractivity contribution < 1.29 is 9.59 Å². The van der Waals surface area contributed by atoms with Crippen LogP contribution in [0.1, 0.15) is 46.9 Å². The first-order chi connectivity index (χ1) is 17.8. The van der Waals surface area contributed by atoms with E-state index in [0.29, 0.717) is 40.6 Å². The molecular weight excluding hydrogens is 466 g/mol. The molecular formula is C28H29N7O2. The molecule has 0 fully saturated rings. The zero-order valence-corrected chi connectivity index (χ0v) is 20.5. The fraction of sp³-hybridized carbons (Fsp3) is 0.179. The normalized spacial score (nSPS) is 14.9. The Balaban J connectivity index is 1.59. The number of carbonyl (C=O) groups excluding carboxylic acids is 2. The van der Waals surface area contributed by atoms with Crippen LogP contribution in [0, 0.1) is 5.41 Å². The van der Waals surface area contributed by atoms with Crippen molar-refractivity contribution in [3.63, 3.8) is 0 Å². The number of nitrogens with one attached hydrogen (secondary N) is 3. The average Bonchev–Trinajstić information content (AvgIpc) is 2.89. The summed E-state index contributed by atoms with van der Waals surface area (Å²) < 4.78 is 0. The van der Waals surface area contributed by atoms with E-state index < -0.39 is 6.04 Å². The van der Waals surface area contributed by atoms with E-state index in [1.165, 1.54) is 0 Å². The maximum atomic E-state index is 13.1. The molecule has 1 aliphatic rings. The van der Waals surface area contributed by atoms with Crippen molar-refractivity contribution in [3.05, 3.63) is 101 Å². The molecule has 2 aromatic carbocycles. The average molecular weight is 496 g/mol. The lowest BCUT2D eigenvalue weighted by Crippen LogP contribution is -2.41. The van der Waals surface area contributed by atoms with E-state index in [9.17, 15) is 9.59 Å². The minimum Gasteiger partial charge on any atom is -0.399 e.